The van der Waals surface area contributed by atoms with Crippen molar-refractivity contribution < 1.29 is 14.1 Å². The van der Waals surface area contributed by atoms with Crippen molar-refractivity contribution in [2.24, 2.45) is 5.92 Å². The van der Waals surface area contributed by atoms with Crippen molar-refractivity contribution in [2.45, 2.75) is 46.2 Å². The molecule has 3 rings (SSSR count). The molecular formula is C23H28FN3O3. The molecule has 0 saturated carbocycles. The van der Waals surface area contributed by atoms with E-state index in [1.807, 2.05) is 26.0 Å². The first-order valence-electron chi connectivity index (χ1n) is 10.3. The minimum atomic E-state index is -0.383. The number of halogens is 1. The van der Waals surface area contributed by atoms with E-state index in [1.165, 1.54) is 12.1 Å². The maximum atomic E-state index is 14.2. The van der Waals surface area contributed by atoms with Gasteiger partial charge in [-0.25, -0.2) is 4.39 Å². The predicted octanol–water partition coefficient (Wildman–Crippen LogP) is 4.70. The molecule has 160 valence electrons. The topological polar surface area (TPSA) is 66.7 Å². The van der Waals surface area contributed by atoms with Gasteiger partial charge in [0.2, 0.25) is 5.91 Å². The van der Waals surface area contributed by atoms with Gasteiger partial charge in [0.05, 0.1) is 4.92 Å². The van der Waals surface area contributed by atoms with Gasteiger partial charge in [0.25, 0.3) is 5.69 Å². The monoisotopic (exact) mass is 413 g/mol. The van der Waals surface area contributed by atoms with Crippen molar-refractivity contribution >= 4 is 17.3 Å². The Labute approximate surface area is 176 Å². The summed E-state index contributed by atoms with van der Waals surface area (Å²) in [6, 6.07) is 11.7. The van der Waals surface area contributed by atoms with Crippen molar-refractivity contribution in [3.8, 4) is 0 Å². The second-order valence-corrected chi connectivity index (χ2v) is 8.23. The number of likely N-dealkylation sites (tertiary alicyclic amines) is 1. The van der Waals surface area contributed by atoms with Gasteiger partial charge < -0.3 is 4.90 Å². The second kappa shape index (κ2) is 9.34. The van der Waals surface area contributed by atoms with Crippen LogP contribution in [0.25, 0.3) is 0 Å². The number of nitro groups is 1. The lowest BCUT2D eigenvalue weighted by molar-refractivity contribution is -0.384. The number of nitro benzene ring substituents is 1. The number of hydrogen-bond donors (Lipinski definition) is 0. The van der Waals surface area contributed by atoms with Crippen molar-refractivity contribution in [1.29, 1.82) is 0 Å². The molecule has 0 unspecified atom stereocenters. The van der Waals surface area contributed by atoms with Gasteiger partial charge in [-0.2, -0.15) is 0 Å². The van der Waals surface area contributed by atoms with E-state index in [-0.39, 0.29) is 34.3 Å². The van der Waals surface area contributed by atoms with Crippen molar-refractivity contribution in [3.05, 3.63) is 69.5 Å². The second-order valence-electron chi connectivity index (χ2n) is 8.23. The molecule has 30 heavy (non-hydrogen) atoms. The van der Waals surface area contributed by atoms with Gasteiger partial charge in [-0.15, -0.1) is 0 Å². The van der Waals surface area contributed by atoms with E-state index in [4.69, 9.17) is 0 Å². The van der Waals surface area contributed by atoms with Crippen LogP contribution in [0.1, 0.15) is 37.8 Å². The van der Waals surface area contributed by atoms with Gasteiger partial charge in [-0.1, -0.05) is 32.0 Å². The highest BCUT2D eigenvalue weighted by Gasteiger charge is 2.30. The number of carbonyl (C=O) groups excluding carboxylic acids is 1. The quantitative estimate of drug-likeness (QED) is 0.509. The first-order valence-corrected chi connectivity index (χ1v) is 10.3. The summed E-state index contributed by atoms with van der Waals surface area (Å²) in [6.07, 6.45) is 1.53. The molecule has 0 atom stereocenters. The molecule has 1 saturated heterocycles. The molecule has 2 aromatic carbocycles. The van der Waals surface area contributed by atoms with Crippen LogP contribution in [0.2, 0.25) is 0 Å². The Morgan fingerprint density at radius 2 is 1.93 bits per heavy atom. The van der Waals surface area contributed by atoms with Crippen LogP contribution < -0.4 is 4.90 Å². The minimum Gasteiger partial charge on any atom is -0.309 e. The van der Waals surface area contributed by atoms with Gasteiger partial charge in [-0.05, 0) is 43.0 Å². The Bertz CT molecular complexity index is 924. The third kappa shape index (κ3) is 5.02. The number of anilines is 1. The fourth-order valence-electron chi connectivity index (χ4n) is 3.89. The van der Waals surface area contributed by atoms with E-state index in [9.17, 15) is 19.3 Å². The third-order valence-electron chi connectivity index (χ3n) is 5.61. The number of rotatable bonds is 6. The molecule has 0 aromatic heterocycles. The molecule has 1 fully saturated rings. The molecule has 1 amide bonds. The maximum Gasteiger partial charge on any atom is 0.269 e. The zero-order chi connectivity index (χ0) is 21.8. The number of amides is 1. The molecule has 1 aliphatic heterocycles. The lowest BCUT2D eigenvalue weighted by Crippen LogP contribution is -2.48. The largest absolute Gasteiger partial charge is 0.309 e. The third-order valence-corrected chi connectivity index (χ3v) is 5.61. The molecule has 2 aromatic rings. The Kier molecular flexibility index (Phi) is 6.82. The molecule has 0 bridgehead atoms. The average molecular weight is 413 g/mol. The summed E-state index contributed by atoms with van der Waals surface area (Å²) in [7, 11) is 0. The van der Waals surface area contributed by atoms with Crippen LogP contribution in [0.15, 0.2) is 42.5 Å². The number of carbonyl (C=O) groups is 1. The number of benzene rings is 2. The number of hydrogen-bond acceptors (Lipinski definition) is 4. The molecule has 1 heterocycles. The van der Waals surface area contributed by atoms with E-state index in [0.29, 0.717) is 17.8 Å². The Balaban J connectivity index is 1.71. The summed E-state index contributed by atoms with van der Waals surface area (Å²) in [4.78, 5) is 27.5. The normalized spacial score (nSPS) is 15.4. The summed E-state index contributed by atoms with van der Waals surface area (Å²) in [5.41, 5.74) is 2.16. The smallest absolute Gasteiger partial charge is 0.269 e. The molecule has 0 aliphatic carbocycles. The average Bonchev–Trinajstić information content (AvgIpc) is 2.72. The van der Waals surface area contributed by atoms with Crippen LogP contribution in [0, 0.1) is 28.8 Å². The van der Waals surface area contributed by atoms with Crippen LogP contribution in [0.5, 0.6) is 0 Å². The summed E-state index contributed by atoms with van der Waals surface area (Å²) in [5, 5.41) is 11.0. The maximum absolute atomic E-state index is 14.2. The van der Waals surface area contributed by atoms with Crippen LogP contribution in [-0.2, 0) is 11.3 Å². The minimum absolute atomic E-state index is 0.00312. The van der Waals surface area contributed by atoms with Crippen LogP contribution in [0.3, 0.4) is 0 Å². The summed E-state index contributed by atoms with van der Waals surface area (Å²) < 4.78 is 14.2. The van der Waals surface area contributed by atoms with Gasteiger partial charge in [-0.3, -0.25) is 19.8 Å². The summed E-state index contributed by atoms with van der Waals surface area (Å²) in [5.74, 6) is -0.496. The molecule has 0 spiro atoms. The van der Waals surface area contributed by atoms with Gasteiger partial charge in [0, 0.05) is 49.4 Å². The molecule has 7 heteroatoms. The Morgan fingerprint density at radius 1 is 1.23 bits per heavy atom. The van der Waals surface area contributed by atoms with Crippen molar-refractivity contribution in [1.82, 2.24) is 4.90 Å². The predicted molar refractivity (Wildman–Crippen MR) is 115 cm³/mol. The molecular weight excluding hydrogens is 385 g/mol. The van der Waals surface area contributed by atoms with E-state index in [2.05, 4.69) is 4.90 Å². The van der Waals surface area contributed by atoms with E-state index < -0.39 is 0 Å². The van der Waals surface area contributed by atoms with Gasteiger partial charge >= 0.3 is 0 Å². The molecule has 0 N–H and O–H groups in total. The summed E-state index contributed by atoms with van der Waals surface area (Å²) in [6.45, 7) is 7.59. The lowest BCUT2D eigenvalue weighted by atomic mass is 9.99. The highest BCUT2D eigenvalue weighted by atomic mass is 19.1. The first kappa shape index (κ1) is 21.9. The molecule has 0 radical (unpaired) electrons. The standard InChI is InChI=1S/C23H28FN3O3/c1-16(2)23(28)26(20-8-7-17(3)22(24)14-20)19-9-11-25(12-10-19)15-18-5-4-6-21(13-18)27(29)30/h4-8,13-14,16,19H,9-12,15H2,1-3H3. The molecule has 6 nitrogen and oxygen atoms in total. The van der Waals surface area contributed by atoms with Crippen molar-refractivity contribution in [2.75, 3.05) is 18.0 Å². The van der Waals surface area contributed by atoms with Crippen LogP contribution in [0.4, 0.5) is 15.8 Å². The van der Waals surface area contributed by atoms with Crippen LogP contribution in [-0.4, -0.2) is 34.9 Å². The number of nitrogens with zero attached hydrogens (tertiary/aromatic N) is 3. The lowest BCUT2D eigenvalue weighted by Gasteiger charge is -2.39. The number of aryl methyl sites for hydroxylation is 1. The molecule has 1 aliphatic rings. The highest BCUT2D eigenvalue weighted by molar-refractivity contribution is 5.95. The summed E-state index contributed by atoms with van der Waals surface area (Å²) >= 11 is 0. The fraction of sp³-hybridized carbons (Fsp3) is 0.435. The fourth-order valence-corrected chi connectivity index (χ4v) is 3.89. The van der Waals surface area contributed by atoms with E-state index in [0.717, 1.165) is 31.5 Å². The van der Waals surface area contributed by atoms with Gasteiger partial charge in [0.15, 0.2) is 0 Å². The van der Waals surface area contributed by atoms with E-state index in [1.54, 1.807) is 30.0 Å². The highest BCUT2D eigenvalue weighted by Crippen LogP contribution is 2.28. The Morgan fingerprint density at radius 3 is 2.53 bits per heavy atom. The zero-order valence-electron chi connectivity index (χ0n) is 17.7. The Hall–Kier alpha value is -2.80. The van der Waals surface area contributed by atoms with E-state index >= 15 is 0 Å². The number of piperidine rings is 1. The van der Waals surface area contributed by atoms with Gasteiger partial charge in [0.1, 0.15) is 5.82 Å². The number of non-ortho nitro benzene ring substituents is 1. The zero-order valence-corrected chi connectivity index (χ0v) is 17.7. The first-order chi connectivity index (χ1) is 14.3. The SMILES string of the molecule is Cc1ccc(N(C(=O)C(C)C)C2CCN(Cc3cccc([N+](=O)[O-])c3)CC2)cc1F. The van der Waals surface area contributed by atoms with Crippen LogP contribution >= 0.6 is 0 Å². The van der Waals surface area contributed by atoms with Crippen molar-refractivity contribution in [3.63, 3.8) is 0 Å².